The van der Waals surface area contributed by atoms with Crippen molar-refractivity contribution in [1.29, 1.82) is 0 Å². The minimum atomic E-state index is -6.99. The monoisotopic (exact) mass is 788 g/mol. The molecule has 0 bridgehead atoms. The fraction of sp³-hybridized carbons (Fsp3) is 0. The van der Waals surface area contributed by atoms with Crippen LogP contribution >= 0.6 is 0 Å². The Kier molecular flexibility index (Phi) is 10.5. The molecular weight excluding hydrogens is 767 g/mol. The quantitative estimate of drug-likeness (QED) is 0.0906. The van der Waals surface area contributed by atoms with Crippen LogP contribution in [0, 0.1) is 19.6 Å². The zero-order valence-electron chi connectivity index (χ0n) is 24.2. The first-order chi connectivity index (χ1) is 23.2. The number of aromatic carboxylic acids is 4. The Morgan fingerprint density at radius 3 is 0.673 bits per heavy atom. The summed E-state index contributed by atoms with van der Waals surface area (Å²) in [5.41, 5.74) is -2.91. The minimum absolute atomic E-state index is 0.252. The summed E-state index contributed by atoms with van der Waals surface area (Å²) in [6.07, 6.45) is 0. The first kappa shape index (κ1) is 35.0. The van der Waals surface area contributed by atoms with Crippen LogP contribution in [0.4, 0.5) is 22.7 Å². The van der Waals surface area contributed by atoms with Crippen molar-refractivity contribution in [2.45, 2.75) is 0 Å². The summed E-state index contributed by atoms with van der Waals surface area (Å²) in [5, 5.41) is 36.7. The number of benzene rings is 4. The van der Waals surface area contributed by atoms with Gasteiger partial charge in [0.25, 0.3) is 0 Å². The average Bonchev–Trinajstić information content (AvgIpc) is 3.08. The SMILES string of the molecule is O=C(O)c1ccc([N+](=O)[O][Sn]([O][N+](=O)c2ccc(C(=O)O)cc2)([O][N+](=O)c2ccc(C(=O)O)cc2)[O][N+](=O)c2ccc(C(=O)O)cc2)cc1. The van der Waals surface area contributed by atoms with Crippen LogP contribution < -0.4 is 0 Å². The Labute approximate surface area is 277 Å². The third-order valence-electron chi connectivity index (χ3n) is 6.08. The maximum atomic E-state index is 13.3. The van der Waals surface area contributed by atoms with Crippen molar-refractivity contribution in [2.75, 3.05) is 0 Å². The Bertz CT molecular complexity index is 1690. The third-order valence-corrected chi connectivity index (χ3v) is 10.5. The Morgan fingerprint density at radius 1 is 0.367 bits per heavy atom. The summed E-state index contributed by atoms with van der Waals surface area (Å²) in [5.74, 6) is -5.40. The number of carbonyl (C=O) groups is 4. The molecule has 0 saturated carbocycles. The summed E-state index contributed by atoms with van der Waals surface area (Å²) in [6.45, 7) is 0. The van der Waals surface area contributed by atoms with Crippen molar-refractivity contribution in [3.63, 3.8) is 0 Å². The van der Waals surface area contributed by atoms with Crippen LogP contribution in [-0.4, -0.2) is 84.0 Å². The average molecular weight is 787 g/mol. The number of nitrogens with zero attached hydrogens (tertiary/aromatic N) is 4. The number of carboxylic acids is 4. The predicted molar refractivity (Wildman–Crippen MR) is 157 cm³/mol. The molecule has 0 aliphatic carbocycles. The van der Waals surface area contributed by atoms with Gasteiger partial charge in [-0.15, -0.1) is 0 Å². The van der Waals surface area contributed by atoms with Crippen molar-refractivity contribution >= 4 is 66.7 Å². The van der Waals surface area contributed by atoms with Crippen molar-refractivity contribution in [2.24, 2.45) is 0 Å². The van der Waals surface area contributed by atoms with Crippen LogP contribution in [0.1, 0.15) is 41.4 Å². The third kappa shape index (κ3) is 8.70. The molecule has 248 valence electrons. The normalized spacial score (nSPS) is 10.6. The van der Waals surface area contributed by atoms with Gasteiger partial charge in [-0.3, -0.25) is 0 Å². The van der Waals surface area contributed by atoms with E-state index in [1.54, 1.807) is 0 Å². The molecule has 4 aromatic carbocycles. The molecule has 0 aliphatic heterocycles. The summed E-state index contributed by atoms with van der Waals surface area (Å²) < 4.78 is 21.0. The molecule has 21 heteroatoms. The van der Waals surface area contributed by atoms with Crippen LogP contribution in [0.25, 0.3) is 0 Å². The maximum absolute atomic E-state index is 13.3. The molecule has 0 saturated heterocycles. The summed E-state index contributed by atoms with van der Waals surface area (Å²) in [6, 6.07) is 15.5. The van der Waals surface area contributed by atoms with Gasteiger partial charge in [-0.05, 0) is 0 Å². The molecule has 20 nitrogen and oxygen atoms in total. The van der Waals surface area contributed by atoms with Gasteiger partial charge < -0.3 is 0 Å². The van der Waals surface area contributed by atoms with Crippen LogP contribution in [0.15, 0.2) is 97.1 Å². The molecule has 0 fully saturated rings. The van der Waals surface area contributed by atoms with E-state index >= 15 is 0 Å². The van der Waals surface area contributed by atoms with E-state index in [9.17, 15) is 59.2 Å². The molecule has 0 unspecified atom stereocenters. The van der Waals surface area contributed by atoms with E-state index in [0.717, 1.165) is 97.1 Å². The Morgan fingerprint density at radius 2 is 0.531 bits per heavy atom. The first-order valence-electron chi connectivity index (χ1n) is 13.2. The second kappa shape index (κ2) is 14.7. The van der Waals surface area contributed by atoms with E-state index in [1.165, 1.54) is 0 Å². The fourth-order valence-electron chi connectivity index (χ4n) is 3.62. The molecule has 0 atom stereocenters. The van der Waals surface area contributed by atoms with Gasteiger partial charge in [-0.2, -0.15) is 0 Å². The number of hydrogen-bond acceptors (Lipinski definition) is 12. The molecule has 4 aromatic rings. The van der Waals surface area contributed by atoms with Crippen molar-refractivity contribution < 1.29 is 72.0 Å². The van der Waals surface area contributed by atoms with Gasteiger partial charge in [-0.1, -0.05) is 0 Å². The van der Waals surface area contributed by atoms with Crippen LogP contribution in [0.2, 0.25) is 0 Å². The van der Waals surface area contributed by atoms with Crippen LogP contribution in [-0.2, 0) is 12.7 Å². The van der Waals surface area contributed by atoms with Gasteiger partial charge in [0.1, 0.15) is 0 Å². The molecule has 49 heavy (non-hydrogen) atoms. The zero-order chi connectivity index (χ0) is 35.9. The topological polar surface area (TPSA) is 266 Å². The molecular formula is C28H20N4O16Sn+4. The fourth-order valence-corrected chi connectivity index (χ4v) is 7.71. The molecule has 4 rings (SSSR count). The van der Waals surface area contributed by atoms with E-state index in [-0.39, 0.29) is 22.3 Å². The first-order valence-corrected chi connectivity index (χ1v) is 17.8. The van der Waals surface area contributed by atoms with Gasteiger partial charge in [0.05, 0.1) is 0 Å². The number of rotatable bonds is 16. The number of hydrogen-bond donors (Lipinski definition) is 4. The van der Waals surface area contributed by atoms with Gasteiger partial charge in [0.15, 0.2) is 0 Å². The second-order valence-corrected chi connectivity index (χ2v) is 14.2. The van der Waals surface area contributed by atoms with Crippen molar-refractivity contribution in [1.82, 2.24) is 0 Å². The van der Waals surface area contributed by atoms with E-state index in [0.29, 0.717) is 0 Å². The molecule has 0 aliphatic rings. The predicted octanol–water partition coefficient (Wildman–Crippen LogP) is 4.38. The summed E-state index contributed by atoms with van der Waals surface area (Å²) >= 11 is -6.99. The van der Waals surface area contributed by atoms with E-state index in [2.05, 4.69) is 0 Å². The van der Waals surface area contributed by atoms with Gasteiger partial charge >= 0.3 is 278 Å². The van der Waals surface area contributed by atoms with E-state index in [4.69, 9.17) is 12.7 Å². The Balaban J connectivity index is 1.80. The van der Waals surface area contributed by atoms with E-state index in [1.807, 2.05) is 0 Å². The molecule has 0 radical (unpaired) electrons. The van der Waals surface area contributed by atoms with Gasteiger partial charge in [0.2, 0.25) is 0 Å². The van der Waals surface area contributed by atoms with E-state index < -0.39 is 86.4 Å². The van der Waals surface area contributed by atoms with Crippen LogP contribution in [0.3, 0.4) is 0 Å². The summed E-state index contributed by atoms with van der Waals surface area (Å²) in [7, 11) is 0. The molecule has 0 spiro atoms. The standard InChI is InChI=1S/4C7H5NO4.Sn/c4*9-7(10)5-1-3-6(4-2-5)8(11)12;/h4*1-4H,(H,9,10);/q;;;;+4. The van der Waals surface area contributed by atoms with Gasteiger partial charge in [-0.25, -0.2) is 0 Å². The molecule has 0 amide bonds. The Hall–Kier alpha value is -6.84. The van der Waals surface area contributed by atoms with Crippen molar-refractivity contribution in [3.05, 3.63) is 139 Å². The molecule has 0 heterocycles. The van der Waals surface area contributed by atoms with Crippen LogP contribution in [0.5, 0.6) is 0 Å². The molecule has 4 N–H and O–H groups in total. The summed E-state index contributed by atoms with van der Waals surface area (Å²) in [4.78, 5) is 96.5. The number of carboxylic acid groups (broad SMARTS) is 4. The zero-order valence-corrected chi connectivity index (χ0v) is 27.1. The second-order valence-electron chi connectivity index (χ2n) is 9.30. The molecule has 0 aromatic heterocycles. The van der Waals surface area contributed by atoms with Crippen molar-refractivity contribution in [3.8, 4) is 0 Å². The van der Waals surface area contributed by atoms with Gasteiger partial charge in [0, 0.05) is 0 Å².